The molecule has 0 spiro atoms. The molecule has 0 unspecified atom stereocenters. The first-order valence-corrected chi connectivity index (χ1v) is 5.40. The van der Waals surface area contributed by atoms with Gasteiger partial charge >= 0.3 is 0 Å². The SMILES string of the molecule is COCCNCc1cnc(-c2ccncn2)[nH]1. The Kier molecular flexibility index (Phi) is 4.17. The highest BCUT2D eigenvalue weighted by molar-refractivity contribution is 5.47. The Bertz CT molecular complexity index is 442. The fraction of sp³-hybridized carbons (Fsp3) is 0.364. The molecular formula is C11H15N5O. The average Bonchev–Trinajstić information content (AvgIpc) is 2.85. The fourth-order valence-electron chi connectivity index (χ4n) is 1.41. The molecule has 90 valence electrons. The lowest BCUT2D eigenvalue weighted by Gasteiger charge is -2.01. The molecular weight excluding hydrogens is 218 g/mol. The molecule has 0 aliphatic heterocycles. The van der Waals surface area contributed by atoms with Crippen LogP contribution in [0.1, 0.15) is 5.69 Å². The van der Waals surface area contributed by atoms with Crippen LogP contribution in [-0.4, -0.2) is 40.2 Å². The van der Waals surface area contributed by atoms with Gasteiger partial charge in [-0.3, -0.25) is 0 Å². The molecule has 0 aliphatic carbocycles. The molecule has 0 radical (unpaired) electrons. The molecule has 0 bridgehead atoms. The number of nitrogens with one attached hydrogen (secondary N) is 2. The highest BCUT2D eigenvalue weighted by Gasteiger charge is 2.03. The van der Waals surface area contributed by atoms with E-state index in [1.165, 1.54) is 6.33 Å². The highest BCUT2D eigenvalue weighted by Crippen LogP contribution is 2.10. The Hall–Kier alpha value is -1.79. The third-order valence-corrected chi connectivity index (χ3v) is 2.25. The van der Waals surface area contributed by atoms with Crippen LogP contribution in [0, 0.1) is 0 Å². The lowest BCUT2D eigenvalue weighted by Crippen LogP contribution is -2.18. The lowest BCUT2D eigenvalue weighted by molar-refractivity contribution is 0.199. The third kappa shape index (κ3) is 3.33. The summed E-state index contributed by atoms with van der Waals surface area (Å²) >= 11 is 0. The minimum Gasteiger partial charge on any atom is -0.383 e. The van der Waals surface area contributed by atoms with Crippen molar-refractivity contribution in [3.8, 4) is 11.5 Å². The van der Waals surface area contributed by atoms with Crippen molar-refractivity contribution in [2.45, 2.75) is 6.54 Å². The van der Waals surface area contributed by atoms with E-state index < -0.39 is 0 Å². The number of nitrogens with zero attached hydrogens (tertiary/aromatic N) is 3. The summed E-state index contributed by atoms with van der Waals surface area (Å²) in [5.41, 5.74) is 1.82. The van der Waals surface area contributed by atoms with E-state index in [0.717, 1.165) is 30.3 Å². The summed E-state index contributed by atoms with van der Waals surface area (Å²) < 4.78 is 4.95. The normalized spacial score (nSPS) is 10.6. The second kappa shape index (κ2) is 6.07. The van der Waals surface area contributed by atoms with Crippen LogP contribution in [0.4, 0.5) is 0 Å². The van der Waals surface area contributed by atoms with Crippen molar-refractivity contribution in [1.82, 2.24) is 25.3 Å². The molecule has 0 amide bonds. The van der Waals surface area contributed by atoms with Crippen LogP contribution in [0.5, 0.6) is 0 Å². The van der Waals surface area contributed by atoms with Gasteiger partial charge in [-0.2, -0.15) is 0 Å². The van der Waals surface area contributed by atoms with Gasteiger partial charge in [0.1, 0.15) is 12.0 Å². The lowest BCUT2D eigenvalue weighted by atomic mass is 10.4. The van der Waals surface area contributed by atoms with E-state index >= 15 is 0 Å². The Morgan fingerprint density at radius 1 is 1.41 bits per heavy atom. The first kappa shape index (κ1) is 11.7. The number of ether oxygens (including phenoxy) is 1. The number of hydrogen-bond donors (Lipinski definition) is 2. The van der Waals surface area contributed by atoms with Gasteiger partial charge in [-0.25, -0.2) is 15.0 Å². The van der Waals surface area contributed by atoms with Crippen LogP contribution in [0.25, 0.3) is 11.5 Å². The molecule has 2 aromatic rings. The fourth-order valence-corrected chi connectivity index (χ4v) is 1.41. The molecule has 0 saturated heterocycles. The van der Waals surface area contributed by atoms with Gasteiger partial charge in [0.25, 0.3) is 0 Å². The number of rotatable bonds is 6. The maximum atomic E-state index is 4.95. The molecule has 2 heterocycles. The van der Waals surface area contributed by atoms with Crippen LogP contribution in [-0.2, 0) is 11.3 Å². The largest absolute Gasteiger partial charge is 0.383 e. The minimum absolute atomic E-state index is 0.701. The molecule has 17 heavy (non-hydrogen) atoms. The summed E-state index contributed by atoms with van der Waals surface area (Å²) in [6.45, 7) is 2.26. The van der Waals surface area contributed by atoms with E-state index in [0.29, 0.717) is 6.61 Å². The number of aromatic nitrogens is 4. The first-order valence-electron chi connectivity index (χ1n) is 5.40. The Morgan fingerprint density at radius 2 is 2.35 bits per heavy atom. The molecule has 2 aromatic heterocycles. The second-order valence-corrected chi connectivity index (χ2v) is 3.52. The standard InChI is InChI=1S/C11H15N5O/c1-17-5-4-12-6-9-7-14-11(16-9)10-2-3-13-8-15-10/h2-3,7-8,12H,4-6H2,1H3,(H,14,16). The third-order valence-electron chi connectivity index (χ3n) is 2.25. The predicted molar refractivity (Wildman–Crippen MR) is 63.2 cm³/mol. The van der Waals surface area contributed by atoms with Crippen molar-refractivity contribution in [2.75, 3.05) is 20.3 Å². The topological polar surface area (TPSA) is 75.7 Å². The molecule has 0 fully saturated rings. The zero-order valence-corrected chi connectivity index (χ0v) is 9.68. The van der Waals surface area contributed by atoms with Crippen LogP contribution in [0.15, 0.2) is 24.8 Å². The number of imidazole rings is 1. The average molecular weight is 233 g/mol. The van der Waals surface area contributed by atoms with E-state index in [4.69, 9.17) is 4.74 Å². The number of aromatic amines is 1. The summed E-state index contributed by atoms with van der Waals surface area (Å²) in [4.78, 5) is 15.5. The molecule has 2 rings (SSSR count). The van der Waals surface area contributed by atoms with Gasteiger partial charge in [0.2, 0.25) is 0 Å². The van der Waals surface area contributed by atoms with E-state index in [2.05, 4.69) is 25.3 Å². The summed E-state index contributed by atoms with van der Waals surface area (Å²) in [5.74, 6) is 0.760. The maximum Gasteiger partial charge on any atom is 0.156 e. The monoisotopic (exact) mass is 233 g/mol. The Morgan fingerprint density at radius 3 is 3.12 bits per heavy atom. The van der Waals surface area contributed by atoms with Crippen LogP contribution >= 0.6 is 0 Å². The molecule has 0 aliphatic rings. The summed E-state index contributed by atoms with van der Waals surface area (Å²) in [7, 11) is 1.69. The van der Waals surface area contributed by atoms with E-state index in [1.807, 2.05) is 6.07 Å². The van der Waals surface area contributed by atoms with Crippen molar-refractivity contribution in [3.05, 3.63) is 30.5 Å². The highest BCUT2D eigenvalue weighted by atomic mass is 16.5. The first-order chi connectivity index (χ1) is 8.40. The van der Waals surface area contributed by atoms with Gasteiger partial charge in [-0.15, -0.1) is 0 Å². The second-order valence-electron chi connectivity index (χ2n) is 3.52. The summed E-state index contributed by atoms with van der Waals surface area (Å²) in [5, 5.41) is 3.24. The molecule has 0 aromatic carbocycles. The molecule has 6 heteroatoms. The van der Waals surface area contributed by atoms with Gasteiger partial charge in [-0.1, -0.05) is 0 Å². The Labute approximate surface area is 99.5 Å². The van der Waals surface area contributed by atoms with E-state index in [9.17, 15) is 0 Å². The molecule has 0 saturated carbocycles. The predicted octanol–water partition coefficient (Wildman–Crippen LogP) is 0.603. The van der Waals surface area contributed by atoms with E-state index in [-0.39, 0.29) is 0 Å². The van der Waals surface area contributed by atoms with Crippen molar-refractivity contribution in [1.29, 1.82) is 0 Å². The maximum absolute atomic E-state index is 4.95. The minimum atomic E-state index is 0.701. The quantitative estimate of drug-likeness (QED) is 0.715. The van der Waals surface area contributed by atoms with Crippen LogP contribution < -0.4 is 5.32 Å². The van der Waals surface area contributed by atoms with Gasteiger partial charge in [-0.05, 0) is 6.07 Å². The van der Waals surface area contributed by atoms with E-state index in [1.54, 1.807) is 19.5 Å². The molecule has 2 N–H and O–H groups in total. The van der Waals surface area contributed by atoms with Crippen molar-refractivity contribution in [3.63, 3.8) is 0 Å². The summed E-state index contributed by atoms with van der Waals surface area (Å²) in [6, 6.07) is 1.82. The number of H-pyrrole nitrogens is 1. The number of methoxy groups -OCH3 is 1. The van der Waals surface area contributed by atoms with Crippen molar-refractivity contribution in [2.24, 2.45) is 0 Å². The van der Waals surface area contributed by atoms with Crippen molar-refractivity contribution >= 4 is 0 Å². The van der Waals surface area contributed by atoms with Crippen LogP contribution in [0.3, 0.4) is 0 Å². The zero-order valence-electron chi connectivity index (χ0n) is 9.68. The van der Waals surface area contributed by atoms with Crippen LogP contribution in [0.2, 0.25) is 0 Å². The Balaban J connectivity index is 1.92. The number of hydrogen-bond acceptors (Lipinski definition) is 5. The van der Waals surface area contributed by atoms with Gasteiger partial charge in [0, 0.05) is 32.1 Å². The van der Waals surface area contributed by atoms with Gasteiger partial charge in [0.05, 0.1) is 12.8 Å². The smallest absolute Gasteiger partial charge is 0.156 e. The van der Waals surface area contributed by atoms with Gasteiger partial charge < -0.3 is 15.0 Å². The molecule has 6 nitrogen and oxygen atoms in total. The van der Waals surface area contributed by atoms with Crippen molar-refractivity contribution < 1.29 is 4.74 Å². The summed E-state index contributed by atoms with van der Waals surface area (Å²) in [6.07, 6.45) is 5.01. The molecule has 0 atom stereocenters. The van der Waals surface area contributed by atoms with Gasteiger partial charge in [0.15, 0.2) is 5.82 Å². The zero-order chi connectivity index (χ0) is 11.9.